The molecule has 0 radical (unpaired) electrons. The molecule has 0 aromatic heterocycles. The fourth-order valence-electron chi connectivity index (χ4n) is 3.74. The second kappa shape index (κ2) is 8.37. The van der Waals surface area contributed by atoms with E-state index >= 15 is 0 Å². The Hall–Kier alpha value is -2.33. The molecule has 0 aliphatic carbocycles. The Balaban J connectivity index is 1.77. The molecule has 1 saturated heterocycles. The van der Waals surface area contributed by atoms with Crippen molar-refractivity contribution in [2.45, 2.75) is 32.2 Å². The number of phenols is 1. The van der Waals surface area contributed by atoms with Gasteiger partial charge in [0.15, 0.2) is 0 Å². The highest BCUT2D eigenvalue weighted by molar-refractivity contribution is 5.79. The maximum Gasteiger partial charge on any atom is 0.227 e. The Morgan fingerprint density at radius 3 is 2.50 bits per heavy atom. The zero-order valence-corrected chi connectivity index (χ0v) is 15.7. The number of amides is 1. The number of rotatable bonds is 6. The Kier molecular flexibility index (Phi) is 5.94. The predicted octanol–water partition coefficient (Wildman–Crippen LogP) is 2.12. The van der Waals surface area contributed by atoms with Crippen LogP contribution < -0.4 is 4.90 Å². The molecule has 138 valence electrons. The van der Waals surface area contributed by atoms with Crippen molar-refractivity contribution in [3.05, 3.63) is 65.2 Å². The van der Waals surface area contributed by atoms with Crippen LogP contribution >= 0.6 is 0 Å². The Labute approximate surface area is 156 Å². The highest BCUT2D eigenvalue weighted by Gasteiger charge is 2.28. The number of nitrogens with one attached hydrogen (secondary N) is 1. The van der Waals surface area contributed by atoms with Gasteiger partial charge in [0.1, 0.15) is 18.3 Å². The van der Waals surface area contributed by atoms with Gasteiger partial charge in [-0.1, -0.05) is 42.0 Å². The number of phenolic OH excluding ortho intramolecular Hbond substituents is 1. The van der Waals surface area contributed by atoms with E-state index in [9.17, 15) is 9.90 Å². The highest BCUT2D eigenvalue weighted by Crippen LogP contribution is 2.23. The van der Waals surface area contributed by atoms with Gasteiger partial charge in [0.2, 0.25) is 5.91 Å². The molecule has 4 nitrogen and oxygen atoms in total. The fraction of sp³-hybridized carbons (Fsp3) is 0.409. The van der Waals surface area contributed by atoms with Crippen LogP contribution in [0.15, 0.2) is 48.5 Å². The van der Waals surface area contributed by atoms with Crippen LogP contribution in [0.25, 0.3) is 0 Å². The molecule has 0 bridgehead atoms. The van der Waals surface area contributed by atoms with Gasteiger partial charge in [-0.15, -0.1) is 0 Å². The SMILES string of the molecule is Cc1ccc(CC(=O)N(C)C(C[NH+]2CCCC2)c2cccc(O)c2)cc1. The second-order valence-electron chi connectivity index (χ2n) is 7.44. The van der Waals surface area contributed by atoms with Crippen LogP contribution in [-0.2, 0) is 11.2 Å². The summed E-state index contributed by atoms with van der Waals surface area (Å²) in [6.07, 6.45) is 2.91. The number of likely N-dealkylation sites (tertiary alicyclic amines) is 1. The van der Waals surface area contributed by atoms with Gasteiger partial charge in [-0.2, -0.15) is 0 Å². The fourth-order valence-corrected chi connectivity index (χ4v) is 3.74. The number of aromatic hydroxyl groups is 1. The van der Waals surface area contributed by atoms with E-state index in [4.69, 9.17) is 0 Å². The third-order valence-electron chi connectivity index (χ3n) is 5.38. The van der Waals surface area contributed by atoms with Gasteiger partial charge < -0.3 is 14.9 Å². The third-order valence-corrected chi connectivity index (χ3v) is 5.38. The summed E-state index contributed by atoms with van der Waals surface area (Å²) in [5, 5.41) is 9.89. The summed E-state index contributed by atoms with van der Waals surface area (Å²) in [7, 11) is 1.89. The number of carbonyl (C=O) groups excluding carboxylic acids is 1. The number of quaternary nitrogens is 1. The zero-order chi connectivity index (χ0) is 18.5. The standard InChI is InChI=1S/C22H28N2O2/c1-17-8-10-18(11-9-17)14-22(26)23(2)21(16-24-12-3-4-13-24)19-6-5-7-20(25)15-19/h5-11,15,21,25H,3-4,12-14,16H2,1-2H3/p+1. The van der Waals surface area contributed by atoms with Crippen molar-refractivity contribution in [3.8, 4) is 5.75 Å². The number of aryl methyl sites for hydroxylation is 1. The lowest BCUT2D eigenvalue weighted by atomic mass is 10.0. The summed E-state index contributed by atoms with van der Waals surface area (Å²) >= 11 is 0. The maximum absolute atomic E-state index is 12.9. The van der Waals surface area contributed by atoms with Crippen molar-refractivity contribution >= 4 is 5.91 Å². The first-order valence-corrected chi connectivity index (χ1v) is 9.46. The molecule has 1 aliphatic heterocycles. The summed E-state index contributed by atoms with van der Waals surface area (Å²) < 4.78 is 0. The topological polar surface area (TPSA) is 45.0 Å². The molecule has 3 rings (SSSR count). The summed E-state index contributed by atoms with van der Waals surface area (Å²) in [4.78, 5) is 16.3. The number of hydrogen-bond acceptors (Lipinski definition) is 2. The second-order valence-corrected chi connectivity index (χ2v) is 7.44. The molecule has 2 N–H and O–H groups in total. The molecule has 2 aromatic rings. The van der Waals surface area contributed by atoms with Gasteiger partial charge >= 0.3 is 0 Å². The molecule has 1 heterocycles. The molecule has 1 aliphatic rings. The van der Waals surface area contributed by atoms with Gasteiger partial charge in [-0.3, -0.25) is 4.79 Å². The van der Waals surface area contributed by atoms with E-state index in [0.29, 0.717) is 6.42 Å². The van der Waals surface area contributed by atoms with Gasteiger partial charge in [0.05, 0.1) is 19.5 Å². The molecule has 1 amide bonds. The van der Waals surface area contributed by atoms with Gasteiger partial charge in [-0.05, 0) is 30.2 Å². The number of likely N-dealkylation sites (N-methyl/N-ethyl adjacent to an activating group) is 1. The molecule has 4 heteroatoms. The molecule has 0 saturated carbocycles. The van der Waals surface area contributed by atoms with E-state index in [1.54, 1.807) is 12.1 Å². The van der Waals surface area contributed by atoms with Crippen molar-refractivity contribution in [2.24, 2.45) is 0 Å². The predicted molar refractivity (Wildman–Crippen MR) is 103 cm³/mol. The summed E-state index contributed by atoms with van der Waals surface area (Å²) in [5.41, 5.74) is 3.24. The number of hydrogen-bond donors (Lipinski definition) is 2. The monoisotopic (exact) mass is 353 g/mol. The zero-order valence-electron chi connectivity index (χ0n) is 15.7. The number of nitrogens with zero attached hydrogens (tertiary/aromatic N) is 1. The van der Waals surface area contributed by atoms with Crippen LogP contribution in [-0.4, -0.2) is 42.6 Å². The van der Waals surface area contributed by atoms with Crippen LogP contribution in [0, 0.1) is 6.92 Å². The molecular formula is C22H29N2O2+. The van der Waals surface area contributed by atoms with E-state index in [0.717, 1.165) is 30.8 Å². The van der Waals surface area contributed by atoms with Gasteiger partial charge in [0, 0.05) is 19.9 Å². The summed E-state index contributed by atoms with van der Waals surface area (Å²) in [5.74, 6) is 0.365. The molecule has 1 atom stereocenters. The number of carbonyl (C=O) groups is 1. The minimum absolute atomic E-state index is 0.0202. The number of benzene rings is 2. The first kappa shape index (κ1) is 18.5. The third kappa shape index (κ3) is 4.64. The van der Waals surface area contributed by atoms with Crippen molar-refractivity contribution in [1.82, 2.24) is 4.90 Å². The largest absolute Gasteiger partial charge is 0.508 e. The highest BCUT2D eigenvalue weighted by atomic mass is 16.3. The van der Waals surface area contributed by atoms with Crippen LogP contribution in [0.2, 0.25) is 0 Å². The minimum atomic E-state index is -0.0202. The molecule has 2 aromatic carbocycles. The quantitative estimate of drug-likeness (QED) is 0.836. The Morgan fingerprint density at radius 1 is 1.15 bits per heavy atom. The maximum atomic E-state index is 12.9. The van der Waals surface area contributed by atoms with Crippen molar-refractivity contribution in [1.29, 1.82) is 0 Å². The lowest BCUT2D eigenvalue weighted by molar-refractivity contribution is -0.890. The summed E-state index contributed by atoms with van der Waals surface area (Å²) in [6.45, 7) is 5.26. The molecule has 1 unspecified atom stereocenters. The average Bonchev–Trinajstić information content (AvgIpc) is 3.14. The van der Waals surface area contributed by atoms with E-state index in [1.807, 2.05) is 48.3 Å². The Morgan fingerprint density at radius 2 is 1.85 bits per heavy atom. The lowest BCUT2D eigenvalue weighted by Gasteiger charge is -2.30. The van der Waals surface area contributed by atoms with Gasteiger partial charge in [-0.25, -0.2) is 0 Å². The molecule has 0 spiro atoms. The smallest absolute Gasteiger partial charge is 0.227 e. The van der Waals surface area contributed by atoms with Crippen LogP contribution in [0.1, 0.15) is 35.6 Å². The molecule has 26 heavy (non-hydrogen) atoms. The summed E-state index contributed by atoms with van der Waals surface area (Å²) in [6, 6.07) is 15.4. The van der Waals surface area contributed by atoms with Crippen LogP contribution in [0.4, 0.5) is 0 Å². The molecular weight excluding hydrogens is 324 g/mol. The molecule has 1 fully saturated rings. The van der Waals surface area contributed by atoms with Gasteiger partial charge in [0.25, 0.3) is 0 Å². The van der Waals surface area contributed by atoms with E-state index in [-0.39, 0.29) is 17.7 Å². The van der Waals surface area contributed by atoms with Crippen LogP contribution in [0.3, 0.4) is 0 Å². The van der Waals surface area contributed by atoms with Crippen molar-refractivity contribution in [2.75, 3.05) is 26.7 Å². The average molecular weight is 353 g/mol. The van der Waals surface area contributed by atoms with E-state index in [1.165, 1.54) is 23.3 Å². The van der Waals surface area contributed by atoms with Crippen molar-refractivity contribution in [3.63, 3.8) is 0 Å². The lowest BCUT2D eigenvalue weighted by Crippen LogP contribution is -3.10. The van der Waals surface area contributed by atoms with E-state index < -0.39 is 0 Å². The van der Waals surface area contributed by atoms with Crippen molar-refractivity contribution < 1.29 is 14.8 Å². The van der Waals surface area contributed by atoms with Crippen LogP contribution in [0.5, 0.6) is 5.75 Å². The first-order chi connectivity index (χ1) is 12.5. The van der Waals surface area contributed by atoms with E-state index in [2.05, 4.69) is 6.92 Å². The minimum Gasteiger partial charge on any atom is -0.508 e. The first-order valence-electron chi connectivity index (χ1n) is 9.46. The normalized spacial score (nSPS) is 15.8. The Bertz CT molecular complexity index is 736.